The van der Waals surface area contributed by atoms with Gasteiger partial charge in [0.15, 0.2) is 10.7 Å². The Hall–Kier alpha value is -2.35. The zero-order valence-corrected chi connectivity index (χ0v) is 12.5. The van der Waals surface area contributed by atoms with Gasteiger partial charge in [-0.1, -0.05) is 5.16 Å². The fraction of sp³-hybridized carbons (Fsp3) is 0.231. The largest absolute Gasteiger partial charge is 0.478 e. The number of hydrogen-bond donors (Lipinski definition) is 1. The Morgan fingerprint density at radius 3 is 2.24 bits per heavy atom. The lowest BCUT2D eigenvalue weighted by molar-refractivity contribution is 0.0697. The van der Waals surface area contributed by atoms with Gasteiger partial charge in [0, 0.05) is 7.05 Å². The predicted octanol–water partition coefficient (Wildman–Crippen LogP) is 1.81. The fourth-order valence-electron chi connectivity index (χ4n) is 1.93. The highest BCUT2D eigenvalue weighted by molar-refractivity contribution is 7.92. The van der Waals surface area contributed by atoms with Gasteiger partial charge in [-0.2, -0.15) is 0 Å². The average molecular weight is 310 g/mol. The monoisotopic (exact) mass is 310 g/mol. The second-order valence-electron chi connectivity index (χ2n) is 4.48. The lowest BCUT2D eigenvalue weighted by Gasteiger charge is -2.19. The molecular weight excluding hydrogens is 296 g/mol. The van der Waals surface area contributed by atoms with E-state index in [4.69, 9.17) is 9.63 Å². The molecule has 0 radical (unpaired) electrons. The molecule has 0 saturated carbocycles. The van der Waals surface area contributed by atoms with Crippen molar-refractivity contribution in [2.45, 2.75) is 18.7 Å². The zero-order chi connectivity index (χ0) is 15.8. The SMILES string of the molecule is Cc1noc(C)c1S(=O)(=O)N(C)c1ccc(C(=O)O)cc1. The molecule has 2 aromatic rings. The molecule has 1 N–H and O–H groups in total. The van der Waals surface area contributed by atoms with Crippen molar-refractivity contribution in [2.24, 2.45) is 0 Å². The molecule has 1 aromatic carbocycles. The topological polar surface area (TPSA) is 101 Å². The number of benzene rings is 1. The van der Waals surface area contributed by atoms with Crippen LogP contribution >= 0.6 is 0 Å². The van der Waals surface area contributed by atoms with E-state index < -0.39 is 16.0 Å². The minimum atomic E-state index is -3.81. The van der Waals surface area contributed by atoms with E-state index in [-0.39, 0.29) is 21.9 Å². The summed E-state index contributed by atoms with van der Waals surface area (Å²) in [5.74, 6) is -0.862. The first-order chi connectivity index (χ1) is 9.75. The highest BCUT2D eigenvalue weighted by Crippen LogP contribution is 2.26. The van der Waals surface area contributed by atoms with Crippen LogP contribution in [-0.2, 0) is 10.0 Å². The maximum absolute atomic E-state index is 12.6. The maximum Gasteiger partial charge on any atom is 0.335 e. The van der Waals surface area contributed by atoms with Crippen molar-refractivity contribution < 1.29 is 22.8 Å². The van der Waals surface area contributed by atoms with Gasteiger partial charge in [0.05, 0.1) is 11.3 Å². The molecule has 2 rings (SSSR count). The molecule has 0 aliphatic heterocycles. The predicted molar refractivity (Wildman–Crippen MR) is 75.0 cm³/mol. The average Bonchev–Trinajstić information content (AvgIpc) is 2.78. The van der Waals surface area contributed by atoms with Gasteiger partial charge < -0.3 is 9.63 Å². The number of carbonyl (C=O) groups is 1. The van der Waals surface area contributed by atoms with Gasteiger partial charge in [-0.25, -0.2) is 13.2 Å². The number of aromatic nitrogens is 1. The Morgan fingerprint density at radius 2 is 1.81 bits per heavy atom. The summed E-state index contributed by atoms with van der Waals surface area (Å²) in [5, 5.41) is 12.5. The molecule has 0 spiro atoms. The Balaban J connectivity index is 2.43. The fourth-order valence-corrected chi connectivity index (χ4v) is 3.42. The van der Waals surface area contributed by atoms with Gasteiger partial charge in [0.2, 0.25) is 0 Å². The van der Waals surface area contributed by atoms with Crippen LogP contribution in [0.15, 0.2) is 33.7 Å². The second kappa shape index (κ2) is 5.21. The smallest absolute Gasteiger partial charge is 0.335 e. The Labute approximate surface area is 121 Å². The third kappa shape index (κ3) is 2.62. The summed E-state index contributed by atoms with van der Waals surface area (Å²) in [5.41, 5.74) is 0.711. The molecule has 0 unspecified atom stereocenters. The van der Waals surface area contributed by atoms with Crippen LogP contribution in [-0.4, -0.2) is 31.7 Å². The van der Waals surface area contributed by atoms with Crippen LogP contribution in [0.25, 0.3) is 0 Å². The normalized spacial score (nSPS) is 11.4. The molecule has 0 aliphatic rings. The van der Waals surface area contributed by atoms with E-state index >= 15 is 0 Å². The lowest BCUT2D eigenvalue weighted by atomic mass is 10.2. The van der Waals surface area contributed by atoms with Crippen LogP contribution in [0.3, 0.4) is 0 Å². The standard InChI is InChI=1S/C13H14N2O5S/c1-8-12(9(2)20-14-8)21(18,19)15(3)11-6-4-10(5-7-11)13(16)17/h4-7H,1-3H3,(H,16,17). The van der Waals surface area contributed by atoms with E-state index in [0.29, 0.717) is 5.69 Å². The van der Waals surface area contributed by atoms with Crippen molar-refractivity contribution in [3.05, 3.63) is 41.3 Å². The van der Waals surface area contributed by atoms with E-state index in [1.807, 2.05) is 0 Å². The van der Waals surface area contributed by atoms with E-state index in [0.717, 1.165) is 4.31 Å². The van der Waals surface area contributed by atoms with Gasteiger partial charge in [0.25, 0.3) is 10.0 Å². The van der Waals surface area contributed by atoms with Crippen molar-refractivity contribution in [1.82, 2.24) is 5.16 Å². The highest BCUT2D eigenvalue weighted by Gasteiger charge is 2.28. The summed E-state index contributed by atoms with van der Waals surface area (Å²) < 4.78 is 31.1. The molecule has 0 bridgehead atoms. The van der Waals surface area contributed by atoms with Crippen LogP contribution < -0.4 is 4.31 Å². The highest BCUT2D eigenvalue weighted by atomic mass is 32.2. The summed E-state index contributed by atoms with van der Waals surface area (Å²) in [6.07, 6.45) is 0. The van der Waals surface area contributed by atoms with E-state index in [9.17, 15) is 13.2 Å². The van der Waals surface area contributed by atoms with Crippen LogP contribution in [0.2, 0.25) is 0 Å². The number of rotatable bonds is 4. The summed E-state index contributed by atoms with van der Waals surface area (Å²) in [6, 6.07) is 5.55. The molecule has 21 heavy (non-hydrogen) atoms. The molecule has 1 heterocycles. The number of carboxylic acid groups (broad SMARTS) is 1. The minimum absolute atomic E-state index is 0.0207. The van der Waals surface area contributed by atoms with Crippen LogP contribution in [0.5, 0.6) is 0 Å². The van der Waals surface area contributed by atoms with Crippen molar-refractivity contribution in [2.75, 3.05) is 11.4 Å². The van der Waals surface area contributed by atoms with E-state index in [2.05, 4.69) is 5.16 Å². The first-order valence-electron chi connectivity index (χ1n) is 6.00. The molecule has 0 atom stereocenters. The maximum atomic E-state index is 12.6. The molecule has 0 fully saturated rings. The van der Waals surface area contributed by atoms with Crippen LogP contribution in [0, 0.1) is 13.8 Å². The number of nitrogens with zero attached hydrogens (tertiary/aromatic N) is 2. The molecule has 8 heteroatoms. The minimum Gasteiger partial charge on any atom is -0.478 e. The van der Waals surface area contributed by atoms with Gasteiger partial charge >= 0.3 is 5.97 Å². The van der Waals surface area contributed by atoms with Gasteiger partial charge in [-0.05, 0) is 38.1 Å². The first kappa shape index (κ1) is 15.0. The quantitative estimate of drug-likeness (QED) is 0.924. The summed E-state index contributed by atoms with van der Waals surface area (Å²) >= 11 is 0. The number of hydrogen-bond acceptors (Lipinski definition) is 5. The van der Waals surface area contributed by atoms with E-state index in [1.165, 1.54) is 38.2 Å². The number of carboxylic acids is 1. The molecule has 7 nitrogen and oxygen atoms in total. The van der Waals surface area contributed by atoms with Gasteiger partial charge in [-0.15, -0.1) is 0 Å². The number of aryl methyl sites for hydroxylation is 2. The summed E-state index contributed by atoms with van der Waals surface area (Å²) in [6.45, 7) is 3.07. The first-order valence-corrected chi connectivity index (χ1v) is 7.44. The number of aromatic carboxylic acids is 1. The van der Waals surface area contributed by atoms with Crippen LogP contribution in [0.1, 0.15) is 21.8 Å². The number of anilines is 1. The Morgan fingerprint density at radius 1 is 1.24 bits per heavy atom. The van der Waals surface area contributed by atoms with Crippen molar-refractivity contribution in [3.63, 3.8) is 0 Å². The third-order valence-corrected chi connectivity index (χ3v) is 5.09. The summed E-state index contributed by atoms with van der Waals surface area (Å²) in [7, 11) is -2.43. The lowest BCUT2D eigenvalue weighted by Crippen LogP contribution is -2.27. The molecule has 1 aromatic heterocycles. The molecule has 0 saturated heterocycles. The summed E-state index contributed by atoms with van der Waals surface area (Å²) in [4.78, 5) is 10.8. The van der Waals surface area contributed by atoms with Crippen molar-refractivity contribution in [1.29, 1.82) is 0 Å². The van der Waals surface area contributed by atoms with Crippen molar-refractivity contribution >= 4 is 21.7 Å². The van der Waals surface area contributed by atoms with Crippen LogP contribution in [0.4, 0.5) is 5.69 Å². The molecule has 0 amide bonds. The molecular formula is C13H14N2O5S. The second-order valence-corrected chi connectivity index (χ2v) is 6.38. The zero-order valence-electron chi connectivity index (χ0n) is 11.7. The van der Waals surface area contributed by atoms with E-state index in [1.54, 1.807) is 6.92 Å². The Kier molecular flexibility index (Phi) is 3.73. The number of sulfonamides is 1. The molecule has 0 aliphatic carbocycles. The van der Waals surface area contributed by atoms with Gasteiger partial charge in [-0.3, -0.25) is 4.31 Å². The molecule has 112 valence electrons. The third-order valence-electron chi connectivity index (χ3n) is 3.06. The van der Waals surface area contributed by atoms with Crippen molar-refractivity contribution in [3.8, 4) is 0 Å². The Bertz CT molecular complexity index is 758. The van der Waals surface area contributed by atoms with Gasteiger partial charge in [0.1, 0.15) is 5.69 Å².